The molecule has 4 atom stereocenters. The second-order valence-corrected chi connectivity index (χ2v) is 21.9. The van der Waals surface area contributed by atoms with Gasteiger partial charge in [0.05, 0.1) is 68.1 Å². The van der Waals surface area contributed by atoms with Crippen LogP contribution >= 0.6 is 0 Å². The molecule has 19 heteroatoms. The number of likely N-dealkylation sites (N-methyl/N-ethyl adjacent to an activating group) is 1. The standard InChI is InChI=1S/C61H68N14O5/c1-8-54(76)74-29-27-72(35-44(74)19-23-62)58-46-22-26-71(38-48(46)64-60(66-58)78-53-33-51(53)68(5)6)52-32-41(31-43-17-11-14-40(4)57(43)52)34-69(7)80-79-61-65-49-37-70(50-18-12-16-42-15-10-13-39(3)56(42)50)25-21-47(49)59(67-61)73-28-30-75(55(77)9-2)45(36-73)20-24-63/h8-18,31-32,44-45,51,53H,1-2,19-22,25-30,33-38H2,3-7H3/t44-,45-,51+,53+/m0/s1. The molecule has 2 amide bonds. The molecule has 0 N–H and O–H groups in total. The van der Waals surface area contributed by atoms with Gasteiger partial charge in [0.2, 0.25) is 11.8 Å². The normalized spacial score (nSPS) is 19.9. The number of piperazine rings is 2. The summed E-state index contributed by atoms with van der Waals surface area (Å²) in [4.78, 5) is 73.1. The van der Waals surface area contributed by atoms with Gasteiger partial charge in [-0.05, 0) is 98.6 Å². The fourth-order valence-electron chi connectivity index (χ4n) is 12.4. The van der Waals surface area contributed by atoms with E-state index in [-0.39, 0.29) is 54.9 Å². The highest BCUT2D eigenvalue weighted by molar-refractivity contribution is 5.98. The zero-order valence-electron chi connectivity index (χ0n) is 46.3. The molecule has 2 aromatic heterocycles. The first-order valence-corrected chi connectivity index (χ1v) is 27.6. The van der Waals surface area contributed by atoms with Gasteiger partial charge < -0.3 is 39.0 Å². The average molecular weight is 1080 g/mol. The lowest BCUT2D eigenvalue weighted by molar-refractivity contribution is -0.366. The average Bonchev–Trinajstić information content (AvgIpc) is 4.26. The molecule has 19 nitrogen and oxygen atoms in total. The maximum atomic E-state index is 12.9. The van der Waals surface area contributed by atoms with Crippen LogP contribution in [0.3, 0.4) is 0 Å². The van der Waals surface area contributed by atoms with Crippen LogP contribution in [0.1, 0.15) is 58.5 Å². The number of hydrogen-bond acceptors (Lipinski definition) is 17. The fourth-order valence-corrected chi connectivity index (χ4v) is 12.4. The zero-order chi connectivity index (χ0) is 55.8. The second-order valence-electron chi connectivity index (χ2n) is 21.9. The number of carbonyl (C=O) groups excluding carboxylic acids is 2. The van der Waals surface area contributed by atoms with Gasteiger partial charge >= 0.3 is 12.0 Å². The number of nitrogens with zero attached hydrogens (tertiary/aromatic N) is 14. The minimum Gasteiger partial charge on any atom is -0.458 e. The van der Waals surface area contributed by atoms with Crippen LogP contribution in [0.25, 0.3) is 21.5 Å². The summed E-state index contributed by atoms with van der Waals surface area (Å²) in [5.41, 5.74) is 9.30. The maximum Gasteiger partial charge on any atom is 0.357 e. The summed E-state index contributed by atoms with van der Waals surface area (Å²) in [6.07, 6.45) is 5.21. The van der Waals surface area contributed by atoms with Crippen molar-refractivity contribution >= 4 is 56.4 Å². The molecule has 0 radical (unpaired) electrons. The van der Waals surface area contributed by atoms with Gasteiger partial charge in [0.15, 0.2) is 0 Å². The van der Waals surface area contributed by atoms with Gasteiger partial charge in [-0.3, -0.25) is 14.5 Å². The first-order chi connectivity index (χ1) is 38.8. The number of aryl methyl sites for hydroxylation is 2. The molecule has 6 aromatic rings. The monoisotopic (exact) mass is 1080 g/mol. The Morgan fingerprint density at radius 2 is 1.21 bits per heavy atom. The lowest BCUT2D eigenvalue weighted by Gasteiger charge is -2.42. The van der Waals surface area contributed by atoms with Gasteiger partial charge in [0, 0.05) is 105 Å². The van der Waals surface area contributed by atoms with Gasteiger partial charge in [-0.2, -0.15) is 30.5 Å². The molecule has 0 spiro atoms. The molecule has 1 saturated carbocycles. The van der Waals surface area contributed by atoms with Crippen LogP contribution in [0.2, 0.25) is 0 Å². The van der Waals surface area contributed by atoms with E-state index in [0.29, 0.717) is 90.1 Å². The lowest BCUT2D eigenvalue weighted by atomic mass is 9.97. The molecule has 0 bridgehead atoms. The number of hydroxylamine groups is 2. The molecular formula is C61H68N14O5. The van der Waals surface area contributed by atoms with Crippen LogP contribution in [-0.4, -0.2) is 149 Å². The van der Waals surface area contributed by atoms with E-state index < -0.39 is 0 Å². The van der Waals surface area contributed by atoms with Crippen molar-refractivity contribution in [3.05, 3.63) is 131 Å². The van der Waals surface area contributed by atoms with E-state index >= 15 is 0 Å². The van der Waals surface area contributed by atoms with E-state index in [4.69, 9.17) is 34.5 Å². The van der Waals surface area contributed by atoms with Crippen LogP contribution in [-0.2, 0) is 47.1 Å². The predicted octanol–water partition coefficient (Wildman–Crippen LogP) is 6.99. The first-order valence-electron chi connectivity index (χ1n) is 27.6. The van der Waals surface area contributed by atoms with Gasteiger partial charge in [-0.25, -0.2) is 0 Å². The summed E-state index contributed by atoms with van der Waals surface area (Å²) < 4.78 is 6.52. The number of ether oxygens (including phenoxy) is 1. The highest BCUT2D eigenvalue weighted by Crippen LogP contribution is 2.40. The summed E-state index contributed by atoms with van der Waals surface area (Å²) in [6, 6.07) is 28.1. The van der Waals surface area contributed by atoms with Crippen molar-refractivity contribution in [2.45, 2.75) is 89.8 Å². The van der Waals surface area contributed by atoms with E-state index in [9.17, 15) is 20.1 Å². The van der Waals surface area contributed by atoms with Crippen molar-refractivity contribution in [1.82, 2.24) is 39.7 Å². The Labute approximate surface area is 467 Å². The molecule has 4 aromatic carbocycles. The van der Waals surface area contributed by atoms with Gasteiger partial charge in [0.25, 0.3) is 0 Å². The van der Waals surface area contributed by atoms with Crippen LogP contribution in [0.5, 0.6) is 12.0 Å². The Bertz CT molecular complexity index is 3480. The van der Waals surface area contributed by atoms with Gasteiger partial charge in [-0.15, -0.1) is 5.06 Å². The SMILES string of the molecule is C=CC(=O)N1CCN(c2nc(OON(C)Cc3cc(N4CCc5c(nc(O[C@@H]6C[C@H]6N(C)C)nc5N5CCN(C(=O)C=C)[C@@H](CC#N)C5)C4)c4c(C)cccc4c3)nc3c2CCN(c2cccc4cccc(C)c24)C3)C[C@@H]1CC#N. The predicted molar refractivity (Wildman–Crippen MR) is 307 cm³/mol. The maximum absolute atomic E-state index is 12.9. The molecule has 6 heterocycles. The molecular weight excluding hydrogens is 1010 g/mol. The van der Waals surface area contributed by atoms with E-state index in [0.717, 1.165) is 74.6 Å². The molecule has 4 aliphatic heterocycles. The highest BCUT2D eigenvalue weighted by atomic mass is 17.3. The largest absolute Gasteiger partial charge is 0.458 e. The third-order valence-corrected chi connectivity index (χ3v) is 16.4. The number of carbonyl (C=O) groups is 2. The van der Waals surface area contributed by atoms with Crippen molar-refractivity contribution < 1.29 is 24.2 Å². The molecule has 5 aliphatic rings. The number of aromatic nitrogens is 4. The molecule has 2 saturated heterocycles. The Kier molecular flexibility index (Phi) is 15.3. The second kappa shape index (κ2) is 22.8. The van der Waals surface area contributed by atoms with E-state index in [1.807, 2.05) is 7.05 Å². The van der Waals surface area contributed by atoms with Crippen molar-refractivity contribution in [2.75, 3.05) is 93.1 Å². The van der Waals surface area contributed by atoms with Crippen LogP contribution in [0.15, 0.2) is 92.0 Å². The number of nitriles is 2. The van der Waals surface area contributed by atoms with Crippen molar-refractivity contribution in [1.29, 1.82) is 10.5 Å². The topological polar surface area (TPSA) is 187 Å². The summed E-state index contributed by atoms with van der Waals surface area (Å²) in [6.45, 7) is 17.3. The first kappa shape index (κ1) is 53.6. The molecule has 0 unspecified atom stereocenters. The number of rotatable bonds is 16. The molecule has 80 heavy (non-hydrogen) atoms. The van der Waals surface area contributed by atoms with Crippen molar-refractivity contribution in [3.63, 3.8) is 0 Å². The highest BCUT2D eigenvalue weighted by Gasteiger charge is 2.43. The minimum atomic E-state index is -0.349. The van der Waals surface area contributed by atoms with Gasteiger partial charge in [-0.1, -0.05) is 66.7 Å². The Hall–Kier alpha value is -8.36. The number of hydrogen-bond donors (Lipinski definition) is 0. The van der Waals surface area contributed by atoms with Crippen LogP contribution < -0.4 is 29.2 Å². The summed E-state index contributed by atoms with van der Waals surface area (Å²) in [5, 5.41) is 25.9. The van der Waals surface area contributed by atoms with E-state index in [2.05, 4.69) is 144 Å². The van der Waals surface area contributed by atoms with E-state index in [1.54, 1.807) is 14.9 Å². The minimum absolute atomic E-state index is 0.0219. The Morgan fingerprint density at radius 1 is 0.675 bits per heavy atom. The number of benzene rings is 4. The fraction of sp³-hybridized carbons (Fsp3) is 0.410. The third kappa shape index (κ3) is 10.8. The van der Waals surface area contributed by atoms with Crippen molar-refractivity contribution in [3.8, 4) is 24.2 Å². The third-order valence-electron chi connectivity index (χ3n) is 16.4. The van der Waals surface area contributed by atoms with Crippen LogP contribution in [0, 0.1) is 36.5 Å². The van der Waals surface area contributed by atoms with Gasteiger partial charge in [0.1, 0.15) is 17.7 Å². The van der Waals surface area contributed by atoms with Crippen LogP contribution in [0.4, 0.5) is 23.0 Å². The summed E-state index contributed by atoms with van der Waals surface area (Å²) >= 11 is 0. The lowest BCUT2D eigenvalue weighted by Crippen LogP contribution is -2.55. The molecule has 412 valence electrons. The summed E-state index contributed by atoms with van der Waals surface area (Å²) in [5.74, 6) is 1.14. The molecule has 3 fully saturated rings. The number of fused-ring (bicyclic) bond motifs is 4. The number of amides is 2. The summed E-state index contributed by atoms with van der Waals surface area (Å²) in [7, 11) is 5.92. The van der Waals surface area contributed by atoms with Crippen molar-refractivity contribution in [2.24, 2.45) is 0 Å². The Morgan fingerprint density at radius 3 is 1.77 bits per heavy atom. The number of anilines is 4. The van der Waals surface area contributed by atoms with E-state index in [1.165, 1.54) is 28.5 Å². The molecule has 11 rings (SSSR count). The smallest absolute Gasteiger partial charge is 0.357 e. The zero-order valence-corrected chi connectivity index (χ0v) is 46.3. The Balaban J connectivity index is 0.868. The quantitative estimate of drug-likeness (QED) is 0.0548. The molecule has 1 aliphatic carbocycles.